The van der Waals surface area contributed by atoms with E-state index in [0.717, 1.165) is 12.0 Å². The predicted molar refractivity (Wildman–Crippen MR) is 135 cm³/mol. The second-order valence-corrected chi connectivity index (χ2v) is 9.30. The van der Waals surface area contributed by atoms with Crippen molar-refractivity contribution >= 4 is 11.7 Å². The quantitative estimate of drug-likeness (QED) is 0.414. The topological polar surface area (TPSA) is 137 Å². The Labute approximate surface area is 228 Å². The van der Waals surface area contributed by atoms with Gasteiger partial charge < -0.3 is 24.0 Å². The number of anilines is 1. The first-order valence-corrected chi connectivity index (χ1v) is 12.8. The second kappa shape index (κ2) is 13.6. The molecule has 1 atom stereocenters. The Balaban J connectivity index is 1.28. The number of halogens is 3. The first kappa shape index (κ1) is 29.2. The monoisotopic (exact) mass is 565 g/mol. The average Bonchev–Trinajstić information content (AvgIpc) is 2.95. The van der Waals surface area contributed by atoms with E-state index in [9.17, 15) is 22.8 Å². The molecule has 4 heterocycles. The van der Waals surface area contributed by atoms with Crippen molar-refractivity contribution in [3.8, 4) is 11.8 Å². The molecule has 216 valence electrons. The van der Waals surface area contributed by atoms with Crippen molar-refractivity contribution in [3.05, 3.63) is 46.0 Å². The number of amides is 1. The molecule has 0 bridgehead atoms. The number of aromatic amines is 1. The van der Waals surface area contributed by atoms with Gasteiger partial charge >= 0.3 is 6.18 Å². The van der Waals surface area contributed by atoms with E-state index >= 15 is 0 Å². The number of nitriles is 1. The van der Waals surface area contributed by atoms with E-state index in [1.807, 2.05) is 15.9 Å². The SMILES string of the molecule is N#Cc1ccc(N2CCN(C(=O)CCOC[C@H](CN3CCOCC3)Oc3cn[nH]c(=O)c3C(F)(F)F)CC2)nc1. The van der Waals surface area contributed by atoms with Crippen LogP contribution in [-0.4, -0.2) is 109 Å². The summed E-state index contributed by atoms with van der Waals surface area (Å²) in [5.41, 5.74) is -2.37. The van der Waals surface area contributed by atoms with Gasteiger partial charge in [0, 0.05) is 52.0 Å². The Morgan fingerprint density at radius 2 is 1.90 bits per heavy atom. The van der Waals surface area contributed by atoms with E-state index in [0.29, 0.717) is 58.0 Å². The summed E-state index contributed by atoms with van der Waals surface area (Å²) in [7, 11) is 0. The van der Waals surface area contributed by atoms with Crippen molar-refractivity contribution in [2.24, 2.45) is 0 Å². The van der Waals surface area contributed by atoms with E-state index < -0.39 is 29.2 Å². The standard InChI is InChI=1S/C25H30F3N7O5/c26-25(27,28)23-20(15-31-32-24(23)37)40-19(16-33-8-11-38-12-9-33)17-39-10-3-22(36)35-6-4-34(5-7-35)21-2-1-18(13-29)14-30-21/h1-2,14-15,19H,3-12,16-17H2,(H,32,37)/t19-/m0/s1. The normalized spacial score (nSPS) is 17.4. The number of hydrogen-bond acceptors (Lipinski definition) is 10. The van der Waals surface area contributed by atoms with Crippen molar-refractivity contribution in [3.63, 3.8) is 0 Å². The highest BCUT2D eigenvalue weighted by Gasteiger charge is 2.39. The number of H-pyrrole nitrogens is 1. The number of morpholine rings is 1. The summed E-state index contributed by atoms with van der Waals surface area (Å²) in [5, 5.41) is 14.2. The molecule has 2 saturated heterocycles. The number of carbonyl (C=O) groups excluding carboxylic acids is 1. The van der Waals surface area contributed by atoms with Crippen LogP contribution < -0.4 is 15.2 Å². The van der Waals surface area contributed by atoms with Gasteiger partial charge in [0.2, 0.25) is 5.91 Å². The molecule has 4 rings (SSSR count). The molecule has 2 aliphatic heterocycles. The summed E-state index contributed by atoms with van der Waals surface area (Å²) in [4.78, 5) is 34.6. The smallest absolute Gasteiger partial charge is 0.425 e. The Morgan fingerprint density at radius 3 is 2.55 bits per heavy atom. The number of nitrogens with zero attached hydrogens (tertiary/aromatic N) is 6. The van der Waals surface area contributed by atoms with Gasteiger partial charge in [0.25, 0.3) is 5.56 Å². The number of nitrogens with one attached hydrogen (secondary N) is 1. The minimum absolute atomic E-state index is 0.0545. The zero-order chi connectivity index (χ0) is 28.5. The van der Waals surface area contributed by atoms with Crippen LogP contribution in [0, 0.1) is 11.3 Å². The number of piperazine rings is 1. The van der Waals surface area contributed by atoms with Crippen LogP contribution >= 0.6 is 0 Å². The summed E-state index contributed by atoms with van der Waals surface area (Å²) in [6.07, 6.45) is -3.34. The molecule has 0 saturated carbocycles. The van der Waals surface area contributed by atoms with Gasteiger partial charge in [-0.2, -0.15) is 23.5 Å². The maximum absolute atomic E-state index is 13.5. The molecular weight excluding hydrogens is 535 g/mol. The Hall–Kier alpha value is -3.74. The molecule has 1 N–H and O–H groups in total. The van der Waals surface area contributed by atoms with Crippen LogP contribution in [0.5, 0.6) is 5.75 Å². The molecule has 2 aromatic heterocycles. The van der Waals surface area contributed by atoms with Gasteiger partial charge in [0.05, 0.1) is 44.6 Å². The Kier molecular flexibility index (Phi) is 9.91. The van der Waals surface area contributed by atoms with Crippen molar-refractivity contribution in [1.82, 2.24) is 25.0 Å². The molecule has 0 aromatic carbocycles. The lowest BCUT2D eigenvalue weighted by Crippen LogP contribution is -2.49. The summed E-state index contributed by atoms with van der Waals surface area (Å²) >= 11 is 0. The van der Waals surface area contributed by atoms with E-state index in [-0.39, 0.29) is 32.1 Å². The Morgan fingerprint density at radius 1 is 1.15 bits per heavy atom. The van der Waals surface area contributed by atoms with Crippen LogP contribution in [0.1, 0.15) is 17.5 Å². The molecule has 0 spiro atoms. The molecular formula is C25H30F3N7O5. The van der Waals surface area contributed by atoms with Gasteiger partial charge in [-0.25, -0.2) is 10.1 Å². The number of alkyl halides is 3. The van der Waals surface area contributed by atoms with Crippen LogP contribution in [0.15, 0.2) is 29.3 Å². The zero-order valence-electron chi connectivity index (χ0n) is 21.7. The first-order chi connectivity index (χ1) is 19.2. The largest absolute Gasteiger partial charge is 0.484 e. The number of hydrogen-bond donors (Lipinski definition) is 1. The third kappa shape index (κ3) is 7.90. The molecule has 2 aromatic rings. The zero-order valence-corrected chi connectivity index (χ0v) is 21.7. The minimum Gasteiger partial charge on any atom is -0.484 e. The first-order valence-electron chi connectivity index (χ1n) is 12.8. The average molecular weight is 566 g/mol. The molecule has 0 aliphatic carbocycles. The molecule has 0 unspecified atom stereocenters. The van der Waals surface area contributed by atoms with Crippen LogP contribution in [-0.2, 0) is 20.4 Å². The fourth-order valence-electron chi connectivity index (χ4n) is 4.47. The van der Waals surface area contributed by atoms with Gasteiger partial charge in [0.15, 0.2) is 11.3 Å². The predicted octanol–water partition coefficient (Wildman–Crippen LogP) is 0.890. The van der Waals surface area contributed by atoms with Gasteiger partial charge in [-0.05, 0) is 12.1 Å². The van der Waals surface area contributed by atoms with Crippen LogP contribution in [0.4, 0.5) is 19.0 Å². The van der Waals surface area contributed by atoms with Crippen molar-refractivity contribution in [1.29, 1.82) is 5.26 Å². The number of ether oxygens (including phenoxy) is 3. The molecule has 12 nitrogen and oxygen atoms in total. The highest BCUT2D eigenvalue weighted by molar-refractivity contribution is 5.76. The van der Waals surface area contributed by atoms with Crippen LogP contribution in [0.2, 0.25) is 0 Å². The van der Waals surface area contributed by atoms with Crippen LogP contribution in [0.25, 0.3) is 0 Å². The lowest BCUT2D eigenvalue weighted by molar-refractivity contribution is -0.141. The summed E-state index contributed by atoms with van der Waals surface area (Å²) < 4.78 is 57.1. The van der Waals surface area contributed by atoms with Gasteiger partial charge in [-0.1, -0.05) is 0 Å². The second-order valence-electron chi connectivity index (χ2n) is 9.30. The number of pyridine rings is 1. The van der Waals surface area contributed by atoms with E-state index in [2.05, 4.69) is 10.1 Å². The van der Waals surface area contributed by atoms with E-state index in [1.54, 1.807) is 22.1 Å². The van der Waals surface area contributed by atoms with Gasteiger partial charge in [-0.15, -0.1) is 0 Å². The van der Waals surface area contributed by atoms with Gasteiger partial charge in [-0.3, -0.25) is 14.5 Å². The fourth-order valence-corrected chi connectivity index (χ4v) is 4.47. The molecule has 2 fully saturated rings. The maximum atomic E-state index is 13.5. The van der Waals surface area contributed by atoms with E-state index in [1.165, 1.54) is 6.20 Å². The summed E-state index contributed by atoms with van der Waals surface area (Å²) in [6.45, 7) is 4.49. The minimum atomic E-state index is -4.93. The summed E-state index contributed by atoms with van der Waals surface area (Å²) in [6, 6.07) is 5.50. The molecule has 15 heteroatoms. The highest BCUT2D eigenvalue weighted by Crippen LogP contribution is 2.33. The third-order valence-corrected chi connectivity index (χ3v) is 6.56. The van der Waals surface area contributed by atoms with Crippen molar-refractivity contribution < 1.29 is 32.2 Å². The third-order valence-electron chi connectivity index (χ3n) is 6.56. The molecule has 40 heavy (non-hydrogen) atoms. The van der Waals surface area contributed by atoms with E-state index in [4.69, 9.17) is 19.5 Å². The number of carbonyl (C=O) groups is 1. The summed E-state index contributed by atoms with van der Waals surface area (Å²) in [5.74, 6) is -0.0370. The van der Waals surface area contributed by atoms with Gasteiger partial charge in [0.1, 0.15) is 18.0 Å². The van der Waals surface area contributed by atoms with Crippen molar-refractivity contribution in [2.75, 3.05) is 77.1 Å². The molecule has 0 radical (unpaired) electrons. The highest BCUT2D eigenvalue weighted by atomic mass is 19.4. The van der Waals surface area contributed by atoms with Crippen LogP contribution in [0.3, 0.4) is 0 Å². The molecule has 2 aliphatic rings. The number of rotatable bonds is 10. The lowest BCUT2D eigenvalue weighted by atomic mass is 10.2. The lowest BCUT2D eigenvalue weighted by Gasteiger charge is -2.35. The Bertz CT molecular complexity index is 1220. The fraction of sp³-hybridized carbons (Fsp3) is 0.560. The molecule has 1 amide bonds. The maximum Gasteiger partial charge on any atom is 0.425 e. The number of aromatic nitrogens is 3. The van der Waals surface area contributed by atoms with Crippen molar-refractivity contribution in [2.45, 2.75) is 18.7 Å².